The van der Waals surface area contributed by atoms with E-state index in [1.807, 2.05) is 0 Å². The van der Waals surface area contributed by atoms with Gasteiger partial charge in [0.1, 0.15) is 11.6 Å². The Hall–Kier alpha value is -3.53. The minimum atomic E-state index is -0.656. The zero-order valence-corrected chi connectivity index (χ0v) is 21.7. The second kappa shape index (κ2) is 11.2. The molecule has 2 amide bonds. The first kappa shape index (κ1) is 26.5. The van der Waals surface area contributed by atoms with Crippen LogP contribution in [0.3, 0.4) is 0 Å². The number of amides is 2. The third kappa shape index (κ3) is 5.90. The molecule has 4 rings (SSSR count). The van der Waals surface area contributed by atoms with Crippen LogP contribution in [0.25, 0.3) is 6.08 Å². The third-order valence-corrected chi connectivity index (χ3v) is 6.83. The highest BCUT2D eigenvalue weighted by Crippen LogP contribution is 2.40. The van der Waals surface area contributed by atoms with Crippen LogP contribution in [0, 0.1) is 5.82 Å². The topological polar surface area (TPSA) is 82.1 Å². The molecule has 0 radical (unpaired) electrons. The Bertz CT molecular complexity index is 1430. The van der Waals surface area contributed by atoms with Crippen LogP contribution in [0.5, 0.6) is 17.2 Å². The van der Waals surface area contributed by atoms with Crippen molar-refractivity contribution in [3.63, 3.8) is 0 Å². The van der Waals surface area contributed by atoms with Gasteiger partial charge in [0.05, 0.1) is 36.3 Å². The van der Waals surface area contributed by atoms with Crippen LogP contribution >= 0.6 is 35.0 Å². The fraction of sp³-hybridized carbons (Fsp3) is 0.115. The van der Waals surface area contributed by atoms with Crippen molar-refractivity contribution in [3.05, 3.63) is 92.1 Å². The summed E-state index contributed by atoms with van der Waals surface area (Å²) in [5.74, 6) is -0.982. The van der Waals surface area contributed by atoms with Gasteiger partial charge in [-0.1, -0.05) is 29.3 Å². The summed E-state index contributed by atoms with van der Waals surface area (Å²) in [5, 5.41) is -0.330. The first-order chi connectivity index (χ1) is 17.7. The standard InChI is InChI=1S/C26H18Cl2FNO6S/c1-34-18-7-4-15(5-8-18)25(32)36-23-20(28)9-14(10-21(23)35-2)11-22-24(31)30(26(33)37-22)13-16-3-6-17(29)12-19(16)27/h3-12H,13H2,1-2H3/b22-11-. The summed E-state index contributed by atoms with van der Waals surface area (Å²) in [5.41, 5.74) is 1.15. The molecule has 1 heterocycles. The van der Waals surface area contributed by atoms with E-state index in [0.29, 0.717) is 16.9 Å². The van der Waals surface area contributed by atoms with Crippen molar-refractivity contribution < 1.29 is 33.0 Å². The number of hydrogen-bond acceptors (Lipinski definition) is 7. The van der Waals surface area contributed by atoms with Crippen LogP contribution in [-0.4, -0.2) is 36.2 Å². The molecule has 1 saturated heterocycles. The van der Waals surface area contributed by atoms with Crippen molar-refractivity contribution in [1.29, 1.82) is 0 Å². The van der Waals surface area contributed by atoms with Gasteiger partial charge in [-0.25, -0.2) is 9.18 Å². The number of carbonyl (C=O) groups excluding carboxylic acids is 3. The zero-order chi connectivity index (χ0) is 26.7. The lowest BCUT2D eigenvalue weighted by Crippen LogP contribution is -2.27. The van der Waals surface area contributed by atoms with E-state index in [2.05, 4.69) is 0 Å². The molecule has 190 valence electrons. The summed E-state index contributed by atoms with van der Waals surface area (Å²) < 4.78 is 29.2. The van der Waals surface area contributed by atoms with Gasteiger partial charge >= 0.3 is 5.97 Å². The first-order valence-electron chi connectivity index (χ1n) is 10.6. The minimum absolute atomic E-state index is 0.00110. The Morgan fingerprint density at radius 1 is 1.00 bits per heavy atom. The molecule has 0 atom stereocenters. The van der Waals surface area contributed by atoms with Crippen LogP contribution in [0.15, 0.2) is 59.5 Å². The Morgan fingerprint density at radius 2 is 1.73 bits per heavy atom. The molecule has 0 spiro atoms. The number of nitrogens with zero attached hydrogens (tertiary/aromatic N) is 1. The van der Waals surface area contributed by atoms with Gasteiger partial charge in [-0.05, 0) is 77.5 Å². The Balaban J connectivity index is 1.55. The molecule has 1 aliphatic heterocycles. The summed E-state index contributed by atoms with van der Waals surface area (Å²) in [6.07, 6.45) is 1.47. The van der Waals surface area contributed by atoms with Gasteiger partial charge in [0, 0.05) is 5.02 Å². The molecule has 0 aromatic heterocycles. The number of rotatable bonds is 7. The Kier molecular flexibility index (Phi) is 8.06. The molecule has 0 bridgehead atoms. The van der Waals surface area contributed by atoms with Crippen molar-refractivity contribution in [1.82, 2.24) is 4.90 Å². The van der Waals surface area contributed by atoms with Crippen LogP contribution in [0.2, 0.25) is 10.0 Å². The van der Waals surface area contributed by atoms with E-state index in [-0.39, 0.29) is 38.6 Å². The van der Waals surface area contributed by atoms with E-state index < -0.39 is 22.9 Å². The molecule has 0 unspecified atom stereocenters. The number of methoxy groups -OCH3 is 2. The lowest BCUT2D eigenvalue weighted by Gasteiger charge is -2.14. The van der Waals surface area contributed by atoms with Gasteiger partial charge in [-0.2, -0.15) is 0 Å². The van der Waals surface area contributed by atoms with Crippen LogP contribution in [0.1, 0.15) is 21.5 Å². The Morgan fingerprint density at radius 3 is 2.38 bits per heavy atom. The maximum absolute atomic E-state index is 13.3. The molecule has 11 heteroatoms. The SMILES string of the molecule is COc1ccc(C(=O)Oc2c(Cl)cc(/C=C3\SC(=O)N(Cc4ccc(F)cc4Cl)C3=O)cc2OC)cc1. The largest absolute Gasteiger partial charge is 0.497 e. The summed E-state index contributed by atoms with van der Waals surface area (Å²) in [4.78, 5) is 39.2. The lowest BCUT2D eigenvalue weighted by atomic mass is 10.1. The van der Waals surface area contributed by atoms with Gasteiger partial charge in [-0.3, -0.25) is 14.5 Å². The van der Waals surface area contributed by atoms with Gasteiger partial charge in [0.25, 0.3) is 11.1 Å². The van der Waals surface area contributed by atoms with Crippen LogP contribution in [-0.2, 0) is 11.3 Å². The summed E-state index contributed by atoms with van der Waals surface area (Å²) >= 11 is 13.2. The first-order valence-corrected chi connectivity index (χ1v) is 12.2. The smallest absolute Gasteiger partial charge is 0.343 e. The second-order valence-electron chi connectivity index (χ2n) is 7.66. The molecular weight excluding hydrogens is 544 g/mol. The number of halogens is 3. The second-order valence-corrected chi connectivity index (χ2v) is 9.46. The number of esters is 1. The predicted octanol–water partition coefficient (Wildman–Crippen LogP) is 6.61. The number of imide groups is 1. The van der Waals surface area contributed by atoms with Crippen molar-refractivity contribution in [3.8, 4) is 17.2 Å². The van der Waals surface area contributed by atoms with Crippen molar-refractivity contribution in [2.45, 2.75) is 6.54 Å². The highest BCUT2D eigenvalue weighted by Gasteiger charge is 2.35. The van der Waals surface area contributed by atoms with E-state index in [1.165, 1.54) is 44.6 Å². The molecule has 0 saturated carbocycles. The zero-order valence-electron chi connectivity index (χ0n) is 19.4. The van der Waals surface area contributed by atoms with Gasteiger partial charge in [-0.15, -0.1) is 0 Å². The molecule has 37 heavy (non-hydrogen) atoms. The fourth-order valence-corrected chi connectivity index (χ4v) is 4.73. The fourth-order valence-electron chi connectivity index (χ4n) is 3.41. The molecule has 3 aromatic rings. The van der Waals surface area contributed by atoms with Gasteiger partial charge in [0.15, 0.2) is 11.5 Å². The maximum Gasteiger partial charge on any atom is 0.343 e. The average molecular weight is 562 g/mol. The summed E-state index contributed by atoms with van der Waals surface area (Å²) in [6, 6.07) is 13.1. The van der Waals surface area contributed by atoms with Gasteiger partial charge in [0.2, 0.25) is 0 Å². The van der Waals surface area contributed by atoms with Crippen LogP contribution in [0.4, 0.5) is 9.18 Å². The maximum atomic E-state index is 13.3. The molecule has 7 nitrogen and oxygen atoms in total. The average Bonchev–Trinajstić information content (AvgIpc) is 3.14. The van der Waals surface area contributed by atoms with Crippen molar-refractivity contribution in [2.75, 3.05) is 14.2 Å². The van der Waals surface area contributed by atoms with E-state index >= 15 is 0 Å². The lowest BCUT2D eigenvalue weighted by molar-refractivity contribution is -0.123. The predicted molar refractivity (Wildman–Crippen MR) is 139 cm³/mol. The van der Waals surface area contributed by atoms with E-state index in [0.717, 1.165) is 22.7 Å². The number of thioether (sulfide) groups is 1. The minimum Gasteiger partial charge on any atom is -0.497 e. The molecular formula is C26H18Cl2FNO6S. The molecule has 1 aliphatic rings. The monoisotopic (exact) mass is 561 g/mol. The van der Waals surface area contributed by atoms with E-state index in [1.54, 1.807) is 24.3 Å². The number of carbonyl (C=O) groups is 3. The van der Waals surface area contributed by atoms with Crippen molar-refractivity contribution in [2.24, 2.45) is 0 Å². The summed E-state index contributed by atoms with van der Waals surface area (Å²) in [6.45, 7) is -0.106. The Labute approximate surface area is 225 Å². The number of benzene rings is 3. The van der Waals surface area contributed by atoms with Crippen molar-refractivity contribution >= 4 is 58.2 Å². The van der Waals surface area contributed by atoms with Crippen LogP contribution < -0.4 is 14.2 Å². The normalized spacial score (nSPS) is 14.3. The molecule has 1 fully saturated rings. The summed E-state index contributed by atoms with van der Waals surface area (Å²) in [7, 11) is 2.89. The highest BCUT2D eigenvalue weighted by atomic mass is 35.5. The highest BCUT2D eigenvalue weighted by molar-refractivity contribution is 8.18. The van der Waals surface area contributed by atoms with E-state index in [4.69, 9.17) is 37.4 Å². The van der Waals surface area contributed by atoms with Gasteiger partial charge < -0.3 is 14.2 Å². The quantitative estimate of drug-likeness (QED) is 0.182. The molecule has 0 N–H and O–H groups in total. The number of ether oxygens (including phenoxy) is 3. The molecule has 0 aliphatic carbocycles. The number of hydrogen-bond donors (Lipinski definition) is 0. The molecule has 3 aromatic carbocycles. The van der Waals surface area contributed by atoms with E-state index in [9.17, 15) is 18.8 Å². The third-order valence-electron chi connectivity index (χ3n) is 5.29.